The molecule has 7 atom stereocenters. The number of aliphatic hydroxyl groups is 5. The van der Waals surface area contributed by atoms with E-state index >= 15 is 0 Å². The molecule has 0 spiro atoms. The molecular formula is C27H34O11. The lowest BCUT2D eigenvalue weighted by molar-refractivity contribution is -0.298. The van der Waals surface area contributed by atoms with Crippen molar-refractivity contribution < 1.29 is 54.0 Å². The first-order valence-electron chi connectivity index (χ1n) is 12.2. The highest BCUT2D eigenvalue weighted by Crippen LogP contribution is 2.51. The monoisotopic (exact) mass is 534 g/mol. The minimum absolute atomic E-state index is 0.0102. The highest BCUT2D eigenvalue weighted by molar-refractivity contribution is 5.62. The molecule has 0 bridgehead atoms. The van der Waals surface area contributed by atoms with Crippen LogP contribution in [0.2, 0.25) is 0 Å². The zero-order valence-electron chi connectivity index (χ0n) is 21.4. The van der Waals surface area contributed by atoms with Gasteiger partial charge < -0.3 is 54.0 Å². The molecule has 0 radical (unpaired) electrons. The van der Waals surface area contributed by atoms with Crippen molar-refractivity contribution >= 4 is 6.08 Å². The van der Waals surface area contributed by atoms with Gasteiger partial charge in [0.1, 0.15) is 30.5 Å². The predicted octanol–water partition coefficient (Wildman–Crippen LogP) is 0.752. The summed E-state index contributed by atoms with van der Waals surface area (Å²) < 4.78 is 33.4. The highest BCUT2D eigenvalue weighted by Gasteiger charge is 2.44. The normalized spacial score (nSPS) is 28.7. The number of methoxy groups -OCH3 is 3. The Morgan fingerprint density at radius 3 is 2.24 bits per heavy atom. The third-order valence-electron chi connectivity index (χ3n) is 6.78. The number of benzene rings is 2. The molecular weight excluding hydrogens is 500 g/mol. The van der Waals surface area contributed by atoms with E-state index in [4.69, 9.17) is 28.4 Å². The molecule has 2 heterocycles. The molecule has 4 rings (SSSR count). The summed E-state index contributed by atoms with van der Waals surface area (Å²) in [5.74, 6) is 1.81. The molecule has 1 saturated heterocycles. The summed E-state index contributed by atoms with van der Waals surface area (Å²) >= 11 is 0. The van der Waals surface area contributed by atoms with E-state index in [2.05, 4.69) is 0 Å². The van der Waals surface area contributed by atoms with Gasteiger partial charge in [-0.15, -0.1) is 0 Å². The third kappa shape index (κ3) is 5.45. The van der Waals surface area contributed by atoms with Crippen molar-refractivity contribution in [2.75, 3.05) is 41.2 Å². The van der Waals surface area contributed by atoms with Gasteiger partial charge in [-0.25, -0.2) is 0 Å². The maximum atomic E-state index is 10.3. The Balaban J connectivity index is 1.50. The SMILES string of the molecule is COc1ccc([C@@H]2Oc3c(OC)cc(C=CCO[C@@H]4O[C@@H](CO)[C@@H](O)[C@@H](O)[C@H]4O)cc3[C@@H]2CO)cc1OC. The molecule has 0 saturated carbocycles. The van der Waals surface area contributed by atoms with Crippen molar-refractivity contribution in [3.8, 4) is 23.0 Å². The fourth-order valence-corrected chi connectivity index (χ4v) is 4.73. The fraction of sp³-hybridized carbons (Fsp3) is 0.481. The quantitative estimate of drug-likeness (QED) is 0.293. The Kier molecular flexibility index (Phi) is 9.11. The first-order valence-corrected chi connectivity index (χ1v) is 12.2. The van der Waals surface area contributed by atoms with Crippen LogP contribution in [0.5, 0.6) is 23.0 Å². The molecule has 38 heavy (non-hydrogen) atoms. The van der Waals surface area contributed by atoms with Crippen LogP contribution in [0.25, 0.3) is 6.08 Å². The highest BCUT2D eigenvalue weighted by atomic mass is 16.7. The van der Waals surface area contributed by atoms with Crippen molar-refractivity contribution in [1.29, 1.82) is 0 Å². The van der Waals surface area contributed by atoms with E-state index in [0.717, 1.165) is 16.7 Å². The molecule has 208 valence electrons. The van der Waals surface area contributed by atoms with Crippen LogP contribution in [0.3, 0.4) is 0 Å². The summed E-state index contributed by atoms with van der Waals surface area (Å²) in [6.45, 7) is -0.688. The summed E-state index contributed by atoms with van der Waals surface area (Å²) in [6, 6.07) is 9.15. The summed E-state index contributed by atoms with van der Waals surface area (Å²) in [7, 11) is 4.65. The molecule has 0 unspecified atom stereocenters. The van der Waals surface area contributed by atoms with Gasteiger partial charge in [-0.1, -0.05) is 18.2 Å². The molecule has 1 fully saturated rings. The van der Waals surface area contributed by atoms with Crippen molar-refractivity contribution in [1.82, 2.24) is 0 Å². The van der Waals surface area contributed by atoms with Crippen LogP contribution in [0.1, 0.15) is 28.7 Å². The van der Waals surface area contributed by atoms with E-state index < -0.39 is 43.4 Å². The van der Waals surface area contributed by atoms with Crippen molar-refractivity contribution in [2.24, 2.45) is 0 Å². The lowest BCUT2D eigenvalue weighted by atomic mass is 9.90. The second-order valence-corrected chi connectivity index (χ2v) is 9.02. The number of aliphatic hydroxyl groups excluding tert-OH is 5. The summed E-state index contributed by atoms with van der Waals surface area (Å²) in [5.41, 5.74) is 2.35. The van der Waals surface area contributed by atoms with E-state index in [9.17, 15) is 25.5 Å². The fourth-order valence-electron chi connectivity index (χ4n) is 4.73. The second kappa shape index (κ2) is 12.3. The Morgan fingerprint density at radius 1 is 0.842 bits per heavy atom. The average Bonchev–Trinajstić information content (AvgIpc) is 3.32. The second-order valence-electron chi connectivity index (χ2n) is 9.02. The van der Waals surface area contributed by atoms with Crippen LogP contribution >= 0.6 is 0 Å². The lowest BCUT2D eigenvalue weighted by Crippen LogP contribution is -2.59. The largest absolute Gasteiger partial charge is 0.493 e. The molecule has 11 heteroatoms. The van der Waals surface area contributed by atoms with Gasteiger partial charge in [-0.3, -0.25) is 0 Å². The van der Waals surface area contributed by atoms with Crippen LogP contribution < -0.4 is 18.9 Å². The zero-order valence-corrected chi connectivity index (χ0v) is 21.4. The minimum atomic E-state index is -1.51. The molecule has 0 amide bonds. The predicted molar refractivity (Wildman–Crippen MR) is 134 cm³/mol. The van der Waals surface area contributed by atoms with Gasteiger partial charge in [0.2, 0.25) is 0 Å². The van der Waals surface area contributed by atoms with E-state index in [1.54, 1.807) is 38.5 Å². The lowest BCUT2D eigenvalue weighted by Gasteiger charge is -2.39. The number of hydrogen-bond acceptors (Lipinski definition) is 11. The van der Waals surface area contributed by atoms with Crippen LogP contribution in [-0.4, -0.2) is 97.4 Å². The van der Waals surface area contributed by atoms with Gasteiger partial charge in [0.05, 0.1) is 47.1 Å². The van der Waals surface area contributed by atoms with Crippen LogP contribution in [0, 0.1) is 0 Å². The minimum Gasteiger partial charge on any atom is -0.493 e. The van der Waals surface area contributed by atoms with Gasteiger partial charge in [0.25, 0.3) is 0 Å². The van der Waals surface area contributed by atoms with Crippen LogP contribution in [0.15, 0.2) is 36.4 Å². The van der Waals surface area contributed by atoms with Gasteiger partial charge in [-0.2, -0.15) is 0 Å². The van der Waals surface area contributed by atoms with Crippen molar-refractivity contribution in [2.45, 2.75) is 42.7 Å². The van der Waals surface area contributed by atoms with Gasteiger partial charge in [0.15, 0.2) is 29.3 Å². The first kappa shape index (κ1) is 28.1. The summed E-state index contributed by atoms with van der Waals surface area (Å²) in [5, 5.41) is 49.5. The Bertz CT molecular complexity index is 1120. The van der Waals surface area contributed by atoms with Crippen molar-refractivity contribution in [3.63, 3.8) is 0 Å². The smallest absolute Gasteiger partial charge is 0.187 e. The van der Waals surface area contributed by atoms with E-state index in [1.165, 1.54) is 7.11 Å². The van der Waals surface area contributed by atoms with E-state index in [1.807, 2.05) is 18.2 Å². The molecule has 5 N–H and O–H groups in total. The van der Waals surface area contributed by atoms with E-state index in [-0.39, 0.29) is 19.1 Å². The number of hydrogen-bond donors (Lipinski definition) is 5. The maximum absolute atomic E-state index is 10.3. The van der Waals surface area contributed by atoms with E-state index in [0.29, 0.717) is 23.0 Å². The number of fused-ring (bicyclic) bond motifs is 1. The molecule has 11 nitrogen and oxygen atoms in total. The molecule has 2 aromatic rings. The Hall–Kier alpha value is -2.90. The molecule has 0 aromatic heterocycles. The molecule has 2 aliphatic heterocycles. The Morgan fingerprint density at radius 2 is 1.58 bits per heavy atom. The van der Waals surface area contributed by atoms with Crippen molar-refractivity contribution in [3.05, 3.63) is 53.1 Å². The van der Waals surface area contributed by atoms with Crippen LogP contribution in [0.4, 0.5) is 0 Å². The molecule has 2 aliphatic rings. The number of rotatable bonds is 10. The summed E-state index contributed by atoms with van der Waals surface area (Å²) in [6.07, 6.45) is -3.73. The van der Waals surface area contributed by atoms with Gasteiger partial charge in [0, 0.05) is 5.56 Å². The Labute approximate surface area is 220 Å². The third-order valence-corrected chi connectivity index (χ3v) is 6.78. The first-order chi connectivity index (χ1) is 18.4. The molecule has 2 aromatic carbocycles. The van der Waals surface area contributed by atoms with Crippen LogP contribution in [-0.2, 0) is 9.47 Å². The van der Waals surface area contributed by atoms with Gasteiger partial charge in [-0.05, 0) is 35.4 Å². The standard InChI is InChI=1S/C27H34O11/c1-33-18-7-6-15(11-19(18)34-2)25-17(12-28)16-9-14(10-20(35-3)26(16)38-25)5-4-8-36-27-24(32)23(31)22(30)21(13-29)37-27/h4-7,9-11,17,21-25,27-32H,8,12-13H2,1-3H3/t17-,21-,22+,23+,24+,25-,27+/m0/s1. The summed E-state index contributed by atoms with van der Waals surface area (Å²) in [4.78, 5) is 0. The zero-order chi connectivity index (χ0) is 27.4. The molecule has 0 aliphatic carbocycles. The topological polar surface area (TPSA) is 157 Å². The van der Waals surface area contributed by atoms with Gasteiger partial charge >= 0.3 is 0 Å². The average molecular weight is 535 g/mol. The number of ether oxygens (including phenoxy) is 6. The maximum Gasteiger partial charge on any atom is 0.187 e.